The molecule has 0 atom stereocenters. The largest absolute Gasteiger partial charge is 0.329 e. The molecule has 0 bridgehead atoms. The molecule has 0 saturated carbocycles. The fraction of sp³-hybridized carbons (Fsp3) is 0.158. The van der Waals surface area contributed by atoms with Gasteiger partial charge < -0.3 is 4.57 Å². The summed E-state index contributed by atoms with van der Waals surface area (Å²) in [4.78, 5) is 43.4. The summed E-state index contributed by atoms with van der Waals surface area (Å²) < 4.78 is 3.13. The number of anilines is 1. The van der Waals surface area contributed by atoms with E-state index in [1.165, 1.54) is 4.57 Å². The predicted octanol–water partition coefficient (Wildman–Crippen LogP) is 1.70. The molecule has 0 saturated heterocycles. The third kappa shape index (κ3) is 2.91. The molecule has 136 valence electrons. The number of nitrogens with zero attached hydrogens (tertiary/aromatic N) is 3. The Labute approximate surface area is 153 Å². The van der Waals surface area contributed by atoms with Gasteiger partial charge in [0, 0.05) is 6.54 Å². The van der Waals surface area contributed by atoms with Gasteiger partial charge in [-0.3, -0.25) is 24.5 Å². The van der Waals surface area contributed by atoms with E-state index in [0.717, 1.165) is 11.0 Å². The summed E-state index contributed by atoms with van der Waals surface area (Å²) in [5.74, 6) is 0.0183. The topological polar surface area (TPSA) is 102 Å². The second-order valence-electron chi connectivity index (χ2n) is 6.08. The number of nitrogens with one attached hydrogen (secondary N) is 2. The van der Waals surface area contributed by atoms with Crippen molar-refractivity contribution in [2.24, 2.45) is 0 Å². The van der Waals surface area contributed by atoms with Crippen LogP contribution in [0.1, 0.15) is 6.92 Å². The molecule has 2 heterocycles. The monoisotopic (exact) mass is 363 g/mol. The number of carbonyl (C=O) groups is 1. The summed E-state index contributed by atoms with van der Waals surface area (Å²) in [5, 5.41) is 3.12. The van der Waals surface area contributed by atoms with Gasteiger partial charge in [0.1, 0.15) is 6.54 Å². The highest BCUT2D eigenvalue weighted by Gasteiger charge is 2.14. The Morgan fingerprint density at radius 3 is 2.52 bits per heavy atom. The van der Waals surface area contributed by atoms with Crippen molar-refractivity contribution in [2.45, 2.75) is 20.0 Å². The number of hydrogen-bond acceptors (Lipinski definition) is 4. The average molecular weight is 363 g/mol. The smallest absolute Gasteiger partial charge is 0.310 e. The second kappa shape index (κ2) is 6.56. The number of carbonyl (C=O) groups excluding carboxylic acids is 1. The summed E-state index contributed by atoms with van der Waals surface area (Å²) in [6.07, 6.45) is 0. The van der Waals surface area contributed by atoms with E-state index in [1.54, 1.807) is 24.3 Å². The molecule has 2 aromatic carbocycles. The van der Waals surface area contributed by atoms with Crippen LogP contribution in [0.25, 0.3) is 21.9 Å². The Balaban J connectivity index is 1.69. The minimum absolute atomic E-state index is 0.233. The van der Waals surface area contributed by atoms with Crippen LogP contribution in [0.5, 0.6) is 0 Å². The highest BCUT2D eigenvalue weighted by atomic mass is 16.2. The first kappa shape index (κ1) is 16.8. The number of amides is 1. The lowest BCUT2D eigenvalue weighted by Crippen LogP contribution is -2.34. The molecule has 0 radical (unpaired) electrons. The Hall–Kier alpha value is -3.68. The third-order valence-electron chi connectivity index (χ3n) is 4.43. The normalized spacial score (nSPS) is 11.1. The molecule has 2 aromatic heterocycles. The van der Waals surface area contributed by atoms with Crippen molar-refractivity contribution in [2.75, 3.05) is 5.32 Å². The maximum atomic E-state index is 12.6. The lowest BCUT2D eigenvalue weighted by atomic mass is 10.2. The molecule has 0 unspecified atom stereocenters. The van der Waals surface area contributed by atoms with E-state index < -0.39 is 17.2 Å². The van der Waals surface area contributed by atoms with Crippen molar-refractivity contribution in [3.8, 4) is 0 Å². The second-order valence-corrected chi connectivity index (χ2v) is 6.08. The Bertz CT molecular complexity index is 1280. The molecule has 8 heteroatoms. The zero-order valence-electron chi connectivity index (χ0n) is 14.6. The number of para-hydroxylation sites is 3. The Kier molecular flexibility index (Phi) is 4.08. The molecular weight excluding hydrogens is 346 g/mol. The van der Waals surface area contributed by atoms with Crippen LogP contribution in [0.2, 0.25) is 0 Å². The van der Waals surface area contributed by atoms with Gasteiger partial charge in [0.2, 0.25) is 11.9 Å². The number of aromatic nitrogens is 4. The highest BCUT2D eigenvalue weighted by Crippen LogP contribution is 2.19. The molecule has 27 heavy (non-hydrogen) atoms. The Morgan fingerprint density at radius 1 is 1.04 bits per heavy atom. The Morgan fingerprint density at radius 2 is 1.74 bits per heavy atom. The van der Waals surface area contributed by atoms with Gasteiger partial charge in [-0.2, -0.15) is 0 Å². The maximum absolute atomic E-state index is 12.6. The third-order valence-corrected chi connectivity index (χ3v) is 4.43. The lowest BCUT2D eigenvalue weighted by Gasteiger charge is -2.10. The van der Waals surface area contributed by atoms with Crippen molar-refractivity contribution in [3.05, 3.63) is 69.4 Å². The van der Waals surface area contributed by atoms with Crippen LogP contribution in [0.3, 0.4) is 0 Å². The first-order valence-corrected chi connectivity index (χ1v) is 8.55. The first-order valence-electron chi connectivity index (χ1n) is 8.55. The summed E-state index contributed by atoms with van der Waals surface area (Å²) in [6, 6.07) is 14.3. The van der Waals surface area contributed by atoms with Gasteiger partial charge in [-0.1, -0.05) is 24.3 Å². The average Bonchev–Trinajstić information content (AvgIpc) is 3.02. The van der Waals surface area contributed by atoms with E-state index in [0.29, 0.717) is 23.4 Å². The summed E-state index contributed by atoms with van der Waals surface area (Å²) in [5.41, 5.74) is 1.01. The van der Waals surface area contributed by atoms with Crippen LogP contribution in [0.4, 0.5) is 5.95 Å². The number of imidazole rings is 1. The van der Waals surface area contributed by atoms with E-state index in [4.69, 9.17) is 0 Å². The van der Waals surface area contributed by atoms with E-state index in [9.17, 15) is 14.4 Å². The van der Waals surface area contributed by atoms with Crippen LogP contribution in [-0.4, -0.2) is 25.0 Å². The SMILES string of the molecule is CCn1c(NC(=O)Cn2c(=O)[nH]c(=O)c3ccccc32)nc2ccccc21. The van der Waals surface area contributed by atoms with Crippen LogP contribution < -0.4 is 16.6 Å². The van der Waals surface area contributed by atoms with E-state index in [1.807, 2.05) is 35.8 Å². The molecule has 4 rings (SSSR count). The molecular formula is C19H17N5O3. The van der Waals surface area contributed by atoms with Crippen molar-refractivity contribution in [3.63, 3.8) is 0 Å². The lowest BCUT2D eigenvalue weighted by molar-refractivity contribution is -0.116. The minimum Gasteiger partial charge on any atom is -0.310 e. The standard InChI is InChI=1S/C19H17N5O3/c1-2-23-15-10-6-4-8-13(15)20-18(23)21-16(25)11-24-14-9-5-3-7-12(14)17(26)22-19(24)27/h3-10H,2,11H2,1H3,(H,20,21,25)(H,22,26,27). The van der Waals surface area contributed by atoms with Gasteiger partial charge in [0.15, 0.2) is 0 Å². The van der Waals surface area contributed by atoms with Crippen LogP contribution in [0, 0.1) is 0 Å². The van der Waals surface area contributed by atoms with Gasteiger partial charge in [0.05, 0.1) is 21.9 Å². The van der Waals surface area contributed by atoms with E-state index in [-0.39, 0.29) is 6.54 Å². The van der Waals surface area contributed by atoms with Crippen molar-refractivity contribution < 1.29 is 4.79 Å². The van der Waals surface area contributed by atoms with Gasteiger partial charge in [-0.25, -0.2) is 9.78 Å². The molecule has 0 fully saturated rings. The van der Waals surface area contributed by atoms with Gasteiger partial charge in [-0.05, 0) is 31.2 Å². The molecule has 2 N–H and O–H groups in total. The number of hydrogen-bond donors (Lipinski definition) is 2. The molecule has 0 aliphatic heterocycles. The highest BCUT2D eigenvalue weighted by molar-refractivity contribution is 5.92. The number of fused-ring (bicyclic) bond motifs is 2. The zero-order valence-corrected chi connectivity index (χ0v) is 14.6. The molecule has 0 spiro atoms. The summed E-state index contributed by atoms with van der Waals surface area (Å²) in [7, 11) is 0. The van der Waals surface area contributed by atoms with Crippen LogP contribution >= 0.6 is 0 Å². The zero-order chi connectivity index (χ0) is 19.0. The summed E-state index contributed by atoms with van der Waals surface area (Å²) >= 11 is 0. The minimum atomic E-state index is -0.627. The van der Waals surface area contributed by atoms with Crippen LogP contribution in [-0.2, 0) is 17.9 Å². The van der Waals surface area contributed by atoms with E-state index >= 15 is 0 Å². The fourth-order valence-electron chi connectivity index (χ4n) is 3.20. The van der Waals surface area contributed by atoms with Gasteiger partial charge in [-0.15, -0.1) is 0 Å². The quantitative estimate of drug-likeness (QED) is 0.576. The molecule has 8 nitrogen and oxygen atoms in total. The predicted molar refractivity (Wildman–Crippen MR) is 103 cm³/mol. The van der Waals surface area contributed by atoms with Crippen molar-refractivity contribution in [1.82, 2.24) is 19.1 Å². The molecule has 4 aromatic rings. The number of benzene rings is 2. The number of rotatable bonds is 4. The van der Waals surface area contributed by atoms with Crippen molar-refractivity contribution in [1.29, 1.82) is 0 Å². The number of aryl methyl sites for hydroxylation is 1. The molecule has 0 aliphatic carbocycles. The molecule has 1 amide bonds. The molecule has 0 aliphatic rings. The van der Waals surface area contributed by atoms with Gasteiger partial charge >= 0.3 is 5.69 Å². The maximum Gasteiger partial charge on any atom is 0.329 e. The van der Waals surface area contributed by atoms with Crippen LogP contribution in [0.15, 0.2) is 58.1 Å². The van der Waals surface area contributed by atoms with Crippen molar-refractivity contribution >= 4 is 33.8 Å². The fourth-order valence-corrected chi connectivity index (χ4v) is 3.20. The number of aromatic amines is 1. The van der Waals surface area contributed by atoms with E-state index in [2.05, 4.69) is 15.3 Å². The van der Waals surface area contributed by atoms with Gasteiger partial charge in [0.25, 0.3) is 5.56 Å². The summed E-state index contributed by atoms with van der Waals surface area (Å²) in [6.45, 7) is 2.37. The first-order chi connectivity index (χ1) is 13.1. The number of H-pyrrole nitrogens is 1.